The van der Waals surface area contributed by atoms with Crippen LogP contribution in [0.5, 0.6) is 0 Å². The zero-order valence-corrected chi connectivity index (χ0v) is 14.1. The molecule has 0 amide bonds. The molecule has 5 nitrogen and oxygen atoms in total. The molecule has 1 aliphatic carbocycles. The van der Waals surface area contributed by atoms with Crippen LogP contribution in [0.4, 0.5) is 0 Å². The molecule has 21 heavy (non-hydrogen) atoms. The van der Waals surface area contributed by atoms with E-state index in [1.807, 2.05) is 0 Å². The van der Waals surface area contributed by atoms with Gasteiger partial charge in [0.25, 0.3) is 0 Å². The van der Waals surface area contributed by atoms with E-state index in [2.05, 4.69) is 42.5 Å². The van der Waals surface area contributed by atoms with E-state index in [1.165, 1.54) is 24.6 Å². The maximum atomic E-state index is 10.8. The first-order chi connectivity index (χ1) is 9.90. The predicted molar refractivity (Wildman–Crippen MR) is 83.7 cm³/mol. The summed E-state index contributed by atoms with van der Waals surface area (Å²) in [5, 5.41) is 18.2. The minimum absolute atomic E-state index is 0.0354. The molecule has 118 valence electrons. The molecule has 1 fully saturated rings. The summed E-state index contributed by atoms with van der Waals surface area (Å²) in [6.07, 6.45) is 3.55. The molecule has 1 aromatic rings. The summed E-state index contributed by atoms with van der Waals surface area (Å²) in [6, 6.07) is 0.393. The maximum absolute atomic E-state index is 10.8. The Balaban J connectivity index is 2.29. The molecular weight excluding hydrogens is 286 g/mol. The monoisotopic (exact) mass is 311 g/mol. The van der Waals surface area contributed by atoms with E-state index in [0.29, 0.717) is 17.9 Å². The third kappa shape index (κ3) is 3.78. The molecule has 0 bridgehead atoms. The smallest absolute Gasteiger partial charge is 0.313 e. The summed E-state index contributed by atoms with van der Waals surface area (Å²) < 4.78 is 2.22. The number of carboxylic acids is 1. The number of nitrogens with zero attached hydrogens (tertiary/aromatic N) is 3. The van der Waals surface area contributed by atoms with Gasteiger partial charge in [0.05, 0.1) is 5.75 Å². The van der Waals surface area contributed by atoms with Crippen LogP contribution in [0.2, 0.25) is 0 Å². The topological polar surface area (TPSA) is 68.0 Å². The Kier molecular flexibility index (Phi) is 5.30. The summed E-state index contributed by atoms with van der Waals surface area (Å²) in [7, 11) is 0. The van der Waals surface area contributed by atoms with Gasteiger partial charge in [-0.05, 0) is 31.1 Å². The fourth-order valence-electron chi connectivity index (χ4n) is 3.25. The van der Waals surface area contributed by atoms with Crippen LogP contribution in [-0.2, 0) is 4.79 Å². The lowest BCUT2D eigenvalue weighted by molar-refractivity contribution is -0.133. The average molecular weight is 311 g/mol. The third-order valence-electron chi connectivity index (χ3n) is 4.25. The van der Waals surface area contributed by atoms with E-state index < -0.39 is 5.97 Å². The van der Waals surface area contributed by atoms with E-state index >= 15 is 0 Å². The van der Waals surface area contributed by atoms with Crippen LogP contribution in [0.25, 0.3) is 0 Å². The van der Waals surface area contributed by atoms with Crippen molar-refractivity contribution in [2.75, 3.05) is 5.75 Å². The molecule has 1 saturated carbocycles. The quantitative estimate of drug-likeness (QED) is 0.842. The standard InChI is InChI=1S/C15H25N3O2S/c1-9(2)14-16-17-15(21-8-13(19)20)18(14)12-6-5-10(3)7-11(12)4/h9-12H,5-8H2,1-4H3,(H,19,20). The molecule has 0 aliphatic heterocycles. The highest BCUT2D eigenvalue weighted by molar-refractivity contribution is 7.99. The van der Waals surface area contributed by atoms with Gasteiger partial charge in [0.1, 0.15) is 5.82 Å². The molecule has 0 radical (unpaired) electrons. The SMILES string of the molecule is CC1CCC(n2c(SCC(=O)O)nnc2C(C)C)C(C)C1. The number of thioether (sulfide) groups is 1. The highest BCUT2D eigenvalue weighted by Crippen LogP contribution is 2.40. The molecule has 3 unspecified atom stereocenters. The van der Waals surface area contributed by atoms with Crippen LogP contribution in [0.3, 0.4) is 0 Å². The van der Waals surface area contributed by atoms with Gasteiger partial charge in [0, 0.05) is 12.0 Å². The number of rotatable bonds is 5. The van der Waals surface area contributed by atoms with Crippen molar-refractivity contribution >= 4 is 17.7 Å². The molecule has 1 N–H and O–H groups in total. The number of carbonyl (C=O) groups is 1. The lowest BCUT2D eigenvalue weighted by Gasteiger charge is -2.35. The second-order valence-electron chi connectivity index (χ2n) is 6.51. The van der Waals surface area contributed by atoms with E-state index in [1.54, 1.807) is 0 Å². The van der Waals surface area contributed by atoms with Gasteiger partial charge in [-0.25, -0.2) is 0 Å². The van der Waals surface area contributed by atoms with Crippen molar-refractivity contribution in [3.8, 4) is 0 Å². The summed E-state index contributed by atoms with van der Waals surface area (Å²) in [4.78, 5) is 10.8. The highest BCUT2D eigenvalue weighted by Gasteiger charge is 2.31. The van der Waals surface area contributed by atoms with Crippen molar-refractivity contribution in [3.63, 3.8) is 0 Å². The van der Waals surface area contributed by atoms with Crippen LogP contribution < -0.4 is 0 Å². The van der Waals surface area contributed by atoms with Gasteiger partial charge in [-0.15, -0.1) is 10.2 Å². The van der Waals surface area contributed by atoms with Gasteiger partial charge in [0.2, 0.25) is 0 Å². The Morgan fingerprint density at radius 2 is 2.10 bits per heavy atom. The minimum Gasteiger partial charge on any atom is -0.481 e. The van der Waals surface area contributed by atoms with E-state index in [9.17, 15) is 4.79 Å². The summed E-state index contributed by atoms with van der Waals surface area (Å²) >= 11 is 1.28. The molecule has 3 atom stereocenters. The maximum Gasteiger partial charge on any atom is 0.313 e. The van der Waals surface area contributed by atoms with Crippen LogP contribution in [0.15, 0.2) is 5.16 Å². The van der Waals surface area contributed by atoms with Gasteiger partial charge in [-0.3, -0.25) is 4.79 Å². The van der Waals surface area contributed by atoms with Gasteiger partial charge in [0.15, 0.2) is 5.16 Å². The van der Waals surface area contributed by atoms with Crippen molar-refractivity contribution in [1.82, 2.24) is 14.8 Å². The predicted octanol–water partition coefficient (Wildman–Crippen LogP) is 3.58. The van der Waals surface area contributed by atoms with Crippen LogP contribution >= 0.6 is 11.8 Å². The van der Waals surface area contributed by atoms with Crippen molar-refractivity contribution in [3.05, 3.63) is 5.82 Å². The lowest BCUT2D eigenvalue weighted by atomic mass is 9.79. The zero-order chi connectivity index (χ0) is 15.6. The van der Waals surface area contributed by atoms with Gasteiger partial charge in [-0.2, -0.15) is 0 Å². The lowest BCUT2D eigenvalue weighted by Crippen LogP contribution is -2.27. The van der Waals surface area contributed by atoms with Crippen LogP contribution in [0, 0.1) is 11.8 Å². The number of aromatic nitrogens is 3. The molecule has 6 heteroatoms. The minimum atomic E-state index is -0.814. The summed E-state index contributed by atoms with van der Waals surface area (Å²) in [6.45, 7) is 8.82. The van der Waals surface area contributed by atoms with Crippen molar-refractivity contribution in [2.45, 2.75) is 64.1 Å². The number of aliphatic carboxylic acids is 1. The molecule has 1 heterocycles. The summed E-state index contributed by atoms with van der Waals surface area (Å²) in [5.74, 6) is 1.84. The second-order valence-corrected chi connectivity index (χ2v) is 7.45. The zero-order valence-electron chi connectivity index (χ0n) is 13.2. The largest absolute Gasteiger partial charge is 0.481 e. The first-order valence-corrected chi connectivity index (χ1v) is 8.68. The van der Waals surface area contributed by atoms with Crippen molar-refractivity contribution < 1.29 is 9.90 Å². The van der Waals surface area contributed by atoms with Gasteiger partial charge < -0.3 is 9.67 Å². The molecule has 1 aliphatic rings. The van der Waals surface area contributed by atoms with Crippen LogP contribution in [-0.4, -0.2) is 31.6 Å². The number of carboxylic acid groups (broad SMARTS) is 1. The first-order valence-electron chi connectivity index (χ1n) is 7.69. The fraction of sp³-hybridized carbons (Fsp3) is 0.800. The summed E-state index contributed by atoms with van der Waals surface area (Å²) in [5.41, 5.74) is 0. The van der Waals surface area contributed by atoms with Gasteiger partial charge in [-0.1, -0.05) is 39.5 Å². The first kappa shape index (κ1) is 16.3. The second kappa shape index (κ2) is 6.81. The van der Waals surface area contributed by atoms with E-state index in [0.717, 1.165) is 23.3 Å². The Bertz CT molecular complexity index is 501. The molecule has 0 spiro atoms. The Morgan fingerprint density at radius 1 is 1.38 bits per heavy atom. The Labute approximate surface area is 130 Å². The van der Waals surface area contributed by atoms with E-state index in [4.69, 9.17) is 5.11 Å². The average Bonchev–Trinajstić information content (AvgIpc) is 2.80. The number of hydrogen-bond acceptors (Lipinski definition) is 4. The molecule has 1 aromatic heterocycles. The van der Waals surface area contributed by atoms with Crippen molar-refractivity contribution in [2.24, 2.45) is 11.8 Å². The normalized spacial score (nSPS) is 26.2. The highest BCUT2D eigenvalue weighted by atomic mass is 32.2. The fourth-order valence-corrected chi connectivity index (χ4v) is 3.97. The molecule has 2 rings (SSSR count). The Hall–Kier alpha value is -1.04. The number of hydrogen-bond donors (Lipinski definition) is 1. The van der Waals surface area contributed by atoms with Gasteiger partial charge >= 0.3 is 5.97 Å². The third-order valence-corrected chi connectivity index (χ3v) is 5.18. The van der Waals surface area contributed by atoms with Crippen molar-refractivity contribution in [1.29, 1.82) is 0 Å². The Morgan fingerprint density at radius 3 is 2.67 bits per heavy atom. The molecule has 0 aromatic carbocycles. The molecule has 0 saturated heterocycles. The van der Waals surface area contributed by atoms with E-state index in [-0.39, 0.29) is 5.75 Å². The molecular formula is C15H25N3O2S. The van der Waals surface area contributed by atoms with Crippen LogP contribution in [0.1, 0.15) is 64.7 Å².